The summed E-state index contributed by atoms with van der Waals surface area (Å²) in [4.78, 5) is 43.9. The second-order valence-corrected chi connectivity index (χ2v) is 9.52. The van der Waals surface area contributed by atoms with Crippen LogP contribution in [0.4, 0.5) is 11.4 Å². The molecule has 2 aliphatic heterocycles. The van der Waals surface area contributed by atoms with E-state index in [1.165, 1.54) is 0 Å². The second-order valence-electron chi connectivity index (χ2n) is 9.52. The molecule has 3 aliphatic rings. The lowest BCUT2D eigenvalue weighted by atomic mass is 10.0. The van der Waals surface area contributed by atoms with E-state index in [4.69, 9.17) is 9.47 Å². The average Bonchev–Trinajstić information content (AvgIpc) is 3.59. The highest BCUT2D eigenvalue weighted by Gasteiger charge is 2.45. The van der Waals surface area contributed by atoms with Gasteiger partial charge in [-0.25, -0.2) is 0 Å². The van der Waals surface area contributed by atoms with Gasteiger partial charge in [-0.2, -0.15) is 0 Å². The third-order valence-corrected chi connectivity index (χ3v) is 7.31. The van der Waals surface area contributed by atoms with Crippen LogP contribution in [0.25, 0.3) is 0 Å². The number of nitrogens with zero attached hydrogens (tertiary/aromatic N) is 2. The Morgan fingerprint density at radius 2 is 1.65 bits per heavy atom. The predicted molar refractivity (Wildman–Crippen MR) is 138 cm³/mol. The van der Waals surface area contributed by atoms with Crippen molar-refractivity contribution in [1.82, 2.24) is 5.32 Å². The third-order valence-electron chi connectivity index (χ3n) is 7.31. The number of carbonyl (C=O) groups excluding carboxylic acids is 3. The molecule has 1 aliphatic carbocycles. The van der Waals surface area contributed by atoms with E-state index in [1.807, 2.05) is 59.5 Å². The smallest absolute Gasteiger partial charge is 0.251 e. The number of amides is 3. The summed E-state index contributed by atoms with van der Waals surface area (Å²) in [7, 11) is 0. The molecule has 3 aromatic rings. The fourth-order valence-electron chi connectivity index (χ4n) is 5.56. The average molecular weight is 498 g/mol. The minimum absolute atomic E-state index is 0.0403. The third kappa shape index (κ3) is 4.28. The quantitative estimate of drug-likeness (QED) is 0.578. The topological polar surface area (TPSA) is 88.2 Å². The number of ether oxygens (including phenoxy) is 2. The SMILES string of the molecule is O=C(NCC(=O)N1c2ccccc2N(Cc2ccccc2)C(=O)[C@H]2CCC[C@H]21)c1ccc2c(c1)OCO2. The first-order valence-corrected chi connectivity index (χ1v) is 12.5. The normalized spacial score (nSPS) is 19.7. The van der Waals surface area contributed by atoms with E-state index in [2.05, 4.69) is 5.32 Å². The number of anilines is 2. The van der Waals surface area contributed by atoms with E-state index in [1.54, 1.807) is 23.1 Å². The molecule has 2 atom stereocenters. The predicted octanol–water partition coefficient (Wildman–Crippen LogP) is 3.89. The molecule has 2 heterocycles. The minimum Gasteiger partial charge on any atom is -0.454 e. The summed E-state index contributed by atoms with van der Waals surface area (Å²) < 4.78 is 10.7. The molecule has 1 fully saturated rings. The molecule has 3 amide bonds. The van der Waals surface area contributed by atoms with Crippen molar-refractivity contribution in [3.8, 4) is 11.5 Å². The minimum atomic E-state index is -0.375. The van der Waals surface area contributed by atoms with Gasteiger partial charge in [0.25, 0.3) is 5.91 Å². The summed E-state index contributed by atoms with van der Waals surface area (Å²) >= 11 is 0. The van der Waals surface area contributed by atoms with Crippen LogP contribution in [0.5, 0.6) is 11.5 Å². The number of hydrogen-bond acceptors (Lipinski definition) is 5. The van der Waals surface area contributed by atoms with Gasteiger partial charge in [0, 0.05) is 11.6 Å². The number of para-hydroxylation sites is 2. The molecular weight excluding hydrogens is 470 g/mol. The molecule has 0 saturated heterocycles. The summed E-state index contributed by atoms with van der Waals surface area (Å²) in [5.41, 5.74) is 2.82. The molecule has 0 radical (unpaired) electrons. The van der Waals surface area contributed by atoms with Gasteiger partial charge in [-0.1, -0.05) is 48.9 Å². The van der Waals surface area contributed by atoms with Crippen LogP contribution in [0.15, 0.2) is 72.8 Å². The van der Waals surface area contributed by atoms with Gasteiger partial charge in [-0.05, 0) is 48.7 Å². The van der Waals surface area contributed by atoms with Crippen molar-refractivity contribution in [2.45, 2.75) is 31.8 Å². The van der Waals surface area contributed by atoms with E-state index in [0.29, 0.717) is 35.0 Å². The van der Waals surface area contributed by atoms with Gasteiger partial charge in [0.1, 0.15) is 0 Å². The Kier molecular flexibility index (Phi) is 6.00. The van der Waals surface area contributed by atoms with Crippen LogP contribution in [-0.4, -0.2) is 37.1 Å². The molecule has 1 N–H and O–H groups in total. The fourth-order valence-corrected chi connectivity index (χ4v) is 5.56. The van der Waals surface area contributed by atoms with E-state index in [9.17, 15) is 14.4 Å². The van der Waals surface area contributed by atoms with E-state index in [0.717, 1.165) is 24.8 Å². The lowest BCUT2D eigenvalue weighted by Gasteiger charge is -2.30. The molecule has 0 unspecified atom stereocenters. The zero-order chi connectivity index (χ0) is 25.4. The molecule has 37 heavy (non-hydrogen) atoms. The molecule has 3 aromatic carbocycles. The number of nitrogens with one attached hydrogen (secondary N) is 1. The standard InChI is InChI=1S/C29H27N3O5/c33-27(16-30-28(34)20-13-14-25-26(15-20)37-18-36-25)32-22-12-6-9-21(22)29(35)31(17-19-7-2-1-3-8-19)23-10-4-5-11-24(23)32/h1-5,7-8,10-11,13-15,21-22H,6,9,12,16-18H2,(H,30,34)/t21-,22+/m0/s1. The van der Waals surface area contributed by atoms with Crippen LogP contribution in [-0.2, 0) is 16.1 Å². The van der Waals surface area contributed by atoms with Crippen molar-refractivity contribution >= 4 is 29.1 Å². The lowest BCUT2D eigenvalue weighted by Crippen LogP contribution is -2.48. The van der Waals surface area contributed by atoms with Crippen molar-refractivity contribution in [2.75, 3.05) is 23.1 Å². The largest absolute Gasteiger partial charge is 0.454 e. The summed E-state index contributed by atoms with van der Waals surface area (Å²) in [5, 5.41) is 2.76. The summed E-state index contributed by atoms with van der Waals surface area (Å²) in [5.74, 6) is 0.229. The van der Waals surface area contributed by atoms with Gasteiger partial charge in [-0.15, -0.1) is 0 Å². The highest BCUT2D eigenvalue weighted by atomic mass is 16.7. The van der Waals surface area contributed by atoms with Crippen molar-refractivity contribution in [3.05, 3.63) is 83.9 Å². The van der Waals surface area contributed by atoms with Gasteiger partial charge < -0.3 is 24.6 Å². The first-order valence-electron chi connectivity index (χ1n) is 12.5. The Morgan fingerprint density at radius 3 is 2.49 bits per heavy atom. The monoisotopic (exact) mass is 497 g/mol. The first-order chi connectivity index (χ1) is 18.1. The maximum Gasteiger partial charge on any atom is 0.251 e. The molecule has 0 bridgehead atoms. The molecule has 0 aromatic heterocycles. The van der Waals surface area contributed by atoms with Crippen molar-refractivity contribution < 1.29 is 23.9 Å². The van der Waals surface area contributed by atoms with Crippen molar-refractivity contribution in [2.24, 2.45) is 5.92 Å². The van der Waals surface area contributed by atoms with Gasteiger partial charge in [0.2, 0.25) is 18.6 Å². The van der Waals surface area contributed by atoms with Crippen molar-refractivity contribution in [1.29, 1.82) is 0 Å². The van der Waals surface area contributed by atoms with Gasteiger partial charge in [0.05, 0.1) is 30.4 Å². The van der Waals surface area contributed by atoms with Crippen LogP contribution in [0, 0.1) is 5.92 Å². The lowest BCUT2D eigenvalue weighted by molar-refractivity contribution is -0.123. The number of fused-ring (bicyclic) bond motifs is 3. The Hall–Kier alpha value is -4.33. The zero-order valence-electron chi connectivity index (χ0n) is 20.3. The van der Waals surface area contributed by atoms with E-state index in [-0.39, 0.29) is 43.0 Å². The van der Waals surface area contributed by atoms with E-state index >= 15 is 0 Å². The van der Waals surface area contributed by atoms with E-state index < -0.39 is 0 Å². The Bertz CT molecular complexity index is 1360. The molecule has 8 nitrogen and oxygen atoms in total. The summed E-state index contributed by atoms with van der Waals surface area (Å²) in [6.07, 6.45) is 2.34. The maximum absolute atomic E-state index is 13.8. The maximum atomic E-state index is 13.8. The molecule has 188 valence electrons. The number of hydrogen-bond donors (Lipinski definition) is 1. The number of benzene rings is 3. The van der Waals surface area contributed by atoms with Crippen LogP contribution >= 0.6 is 0 Å². The Labute approximate surface area is 214 Å². The fraction of sp³-hybridized carbons (Fsp3) is 0.276. The number of rotatable bonds is 5. The van der Waals surface area contributed by atoms with Gasteiger partial charge >= 0.3 is 0 Å². The Morgan fingerprint density at radius 1 is 0.892 bits per heavy atom. The molecule has 6 rings (SSSR count). The molecule has 8 heteroatoms. The van der Waals surface area contributed by atoms with Crippen LogP contribution in [0.2, 0.25) is 0 Å². The molecular formula is C29H27N3O5. The van der Waals surface area contributed by atoms with Crippen molar-refractivity contribution in [3.63, 3.8) is 0 Å². The van der Waals surface area contributed by atoms with Gasteiger partial charge in [-0.3, -0.25) is 14.4 Å². The second kappa shape index (κ2) is 9.61. The Balaban J connectivity index is 1.27. The summed E-state index contributed by atoms with van der Waals surface area (Å²) in [6.45, 7) is 0.371. The van der Waals surface area contributed by atoms with Crippen LogP contribution in [0.3, 0.4) is 0 Å². The van der Waals surface area contributed by atoms with Gasteiger partial charge in [0.15, 0.2) is 11.5 Å². The molecule has 1 saturated carbocycles. The number of carbonyl (C=O) groups is 3. The summed E-state index contributed by atoms with van der Waals surface area (Å²) in [6, 6.07) is 22.1. The first kappa shape index (κ1) is 23.1. The zero-order valence-corrected chi connectivity index (χ0v) is 20.3. The molecule has 0 spiro atoms. The highest BCUT2D eigenvalue weighted by molar-refractivity contribution is 6.08. The van der Waals surface area contributed by atoms with Crippen LogP contribution < -0.4 is 24.6 Å². The highest BCUT2D eigenvalue weighted by Crippen LogP contribution is 2.43. The van der Waals surface area contributed by atoms with Crippen LogP contribution in [0.1, 0.15) is 35.2 Å².